The number of hydrogen-bond acceptors (Lipinski definition) is 6. The third-order valence-corrected chi connectivity index (χ3v) is 3.38. The minimum absolute atomic E-state index is 0.275. The number of nitrogens with two attached hydrogens (primary N) is 1. The number of rotatable bonds is 11. The maximum absolute atomic E-state index is 12.0. The summed E-state index contributed by atoms with van der Waals surface area (Å²) in [7, 11) is 0. The molecule has 0 aliphatic carbocycles. The molecule has 0 radical (unpaired) electrons. The molecule has 0 heterocycles. The van der Waals surface area contributed by atoms with Crippen molar-refractivity contribution in [2.75, 3.05) is 13.1 Å². The van der Waals surface area contributed by atoms with Gasteiger partial charge < -0.3 is 31.9 Å². The van der Waals surface area contributed by atoms with Crippen LogP contribution in [0.5, 0.6) is 0 Å². The SMILES string of the molecule is CCC(C)C(NC(=O)CNC(=O)C(N)CC(=O)O)C(=O)NCC(=O)O. The van der Waals surface area contributed by atoms with Crippen molar-refractivity contribution in [1.29, 1.82) is 0 Å². The monoisotopic (exact) mass is 360 g/mol. The van der Waals surface area contributed by atoms with Crippen molar-refractivity contribution in [2.45, 2.75) is 38.8 Å². The van der Waals surface area contributed by atoms with Crippen molar-refractivity contribution in [2.24, 2.45) is 11.7 Å². The van der Waals surface area contributed by atoms with Crippen molar-refractivity contribution in [1.82, 2.24) is 16.0 Å². The quantitative estimate of drug-likeness (QED) is 0.236. The van der Waals surface area contributed by atoms with Crippen LogP contribution in [0.3, 0.4) is 0 Å². The lowest BCUT2D eigenvalue weighted by molar-refractivity contribution is -0.139. The van der Waals surface area contributed by atoms with Gasteiger partial charge >= 0.3 is 11.9 Å². The molecule has 0 aromatic heterocycles. The van der Waals surface area contributed by atoms with E-state index in [1.165, 1.54) is 0 Å². The first-order chi connectivity index (χ1) is 11.6. The van der Waals surface area contributed by atoms with Crippen LogP contribution >= 0.6 is 0 Å². The third kappa shape index (κ3) is 9.25. The molecular weight excluding hydrogens is 336 g/mol. The lowest BCUT2D eigenvalue weighted by Gasteiger charge is -2.23. The average Bonchev–Trinajstić information content (AvgIpc) is 2.53. The molecule has 0 saturated carbocycles. The van der Waals surface area contributed by atoms with Gasteiger partial charge in [0.2, 0.25) is 17.7 Å². The van der Waals surface area contributed by atoms with Crippen LogP contribution < -0.4 is 21.7 Å². The van der Waals surface area contributed by atoms with Gasteiger partial charge in [0.25, 0.3) is 0 Å². The van der Waals surface area contributed by atoms with Crippen molar-refractivity contribution in [3.63, 3.8) is 0 Å². The van der Waals surface area contributed by atoms with E-state index < -0.39 is 61.3 Å². The summed E-state index contributed by atoms with van der Waals surface area (Å²) in [5, 5.41) is 23.9. The molecule has 0 bridgehead atoms. The number of amides is 3. The van der Waals surface area contributed by atoms with Crippen LogP contribution in [-0.4, -0.2) is 65.0 Å². The number of carboxylic acids is 2. The van der Waals surface area contributed by atoms with Gasteiger partial charge in [-0.05, 0) is 5.92 Å². The first kappa shape index (κ1) is 22.3. The maximum atomic E-state index is 12.0. The lowest BCUT2D eigenvalue weighted by atomic mass is 9.98. The van der Waals surface area contributed by atoms with Gasteiger partial charge in [-0.3, -0.25) is 24.0 Å². The van der Waals surface area contributed by atoms with Crippen LogP contribution in [0.2, 0.25) is 0 Å². The second kappa shape index (κ2) is 11.0. The smallest absolute Gasteiger partial charge is 0.322 e. The number of aliphatic carboxylic acids is 2. The molecule has 0 spiro atoms. The number of hydrogen-bond donors (Lipinski definition) is 6. The highest BCUT2D eigenvalue weighted by Gasteiger charge is 2.26. The first-order valence-electron chi connectivity index (χ1n) is 7.62. The van der Waals surface area contributed by atoms with E-state index in [4.69, 9.17) is 15.9 Å². The summed E-state index contributed by atoms with van der Waals surface area (Å²) >= 11 is 0. The number of carbonyl (C=O) groups is 5. The van der Waals surface area contributed by atoms with E-state index >= 15 is 0 Å². The Morgan fingerprint density at radius 2 is 1.52 bits per heavy atom. The van der Waals surface area contributed by atoms with Gasteiger partial charge in [-0.2, -0.15) is 0 Å². The van der Waals surface area contributed by atoms with E-state index in [1.807, 2.05) is 0 Å². The van der Waals surface area contributed by atoms with Crippen molar-refractivity contribution >= 4 is 29.7 Å². The Hall–Kier alpha value is -2.69. The summed E-state index contributed by atoms with van der Waals surface area (Å²) in [4.78, 5) is 56.4. The Labute approximate surface area is 144 Å². The molecular formula is C14H24N4O7. The van der Waals surface area contributed by atoms with E-state index in [-0.39, 0.29) is 5.92 Å². The topological polar surface area (TPSA) is 188 Å². The number of carboxylic acid groups (broad SMARTS) is 2. The van der Waals surface area contributed by atoms with Crippen molar-refractivity contribution < 1.29 is 34.2 Å². The Morgan fingerprint density at radius 3 is 2.00 bits per heavy atom. The van der Waals surface area contributed by atoms with Gasteiger partial charge in [-0.1, -0.05) is 20.3 Å². The first-order valence-corrected chi connectivity index (χ1v) is 7.62. The molecule has 11 heteroatoms. The van der Waals surface area contributed by atoms with Crippen molar-refractivity contribution in [3.05, 3.63) is 0 Å². The van der Waals surface area contributed by atoms with Crippen LogP contribution in [0.25, 0.3) is 0 Å². The lowest BCUT2D eigenvalue weighted by Crippen LogP contribution is -2.53. The molecule has 11 nitrogen and oxygen atoms in total. The predicted molar refractivity (Wildman–Crippen MR) is 85.3 cm³/mol. The van der Waals surface area contributed by atoms with Crippen LogP contribution in [0.15, 0.2) is 0 Å². The number of nitrogens with one attached hydrogen (secondary N) is 3. The molecule has 0 aliphatic heterocycles. The van der Waals surface area contributed by atoms with Gasteiger partial charge in [0.05, 0.1) is 19.0 Å². The summed E-state index contributed by atoms with van der Waals surface area (Å²) in [6.07, 6.45) is -0.0399. The highest BCUT2D eigenvalue weighted by atomic mass is 16.4. The predicted octanol–water partition coefficient (Wildman–Crippen LogP) is -2.36. The van der Waals surface area contributed by atoms with E-state index in [9.17, 15) is 24.0 Å². The minimum Gasteiger partial charge on any atom is -0.481 e. The Morgan fingerprint density at radius 1 is 0.960 bits per heavy atom. The molecule has 3 amide bonds. The van der Waals surface area contributed by atoms with Crippen LogP contribution in [0.1, 0.15) is 26.7 Å². The molecule has 7 N–H and O–H groups in total. The molecule has 0 rings (SSSR count). The maximum Gasteiger partial charge on any atom is 0.322 e. The van der Waals surface area contributed by atoms with Crippen molar-refractivity contribution in [3.8, 4) is 0 Å². The van der Waals surface area contributed by atoms with E-state index in [0.717, 1.165) is 0 Å². The zero-order valence-corrected chi connectivity index (χ0v) is 14.1. The van der Waals surface area contributed by atoms with Gasteiger partial charge in [0.1, 0.15) is 12.6 Å². The Kier molecular flexibility index (Phi) is 9.79. The molecule has 3 atom stereocenters. The number of carbonyl (C=O) groups excluding carboxylic acids is 3. The molecule has 0 aromatic rings. The standard InChI is InChI=1S/C14H24N4O7/c1-3-7(2)12(14(25)17-6-11(22)23)18-9(19)5-16-13(24)8(15)4-10(20)21/h7-8,12H,3-6,15H2,1-2H3,(H,16,24)(H,17,25)(H,18,19)(H,20,21)(H,22,23). The summed E-state index contributed by atoms with van der Waals surface area (Å²) < 4.78 is 0. The summed E-state index contributed by atoms with van der Waals surface area (Å²) in [6, 6.07) is -2.27. The molecule has 0 saturated heterocycles. The molecule has 0 fully saturated rings. The molecule has 0 aromatic carbocycles. The average molecular weight is 360 g/mol. The fraction of sp³-hybridized carbons (Fsp3) is 0.643. The van der Waals surface area contributed by atoms with Gasteiger partial charge in [0.15, 0.2) is 0 Å². The summed E-state index contributed by atoms with van der Waals surface area (Å²) in [6.45, 7) is 2.42. The largest absolute Gasteiger partial charge is 0.481 e. The van der Waals surface area contributed by atoms with Gasteiger partial charge in [-0.15, -0.1) is 0 Å². The molecule has 142 valence electrons. The minimum atomic E-state index is -1.30. The highest BCUT2D eigenvalue weighted by molar-refractivity contribution is 5.92. The van der Waals surface area contributed by atoms with Gasteiger partial charge in [0, 0.05) is 0 Å². The zero-order chi connectivity index (χ0) is 19.6. The zero-order valence-electron chi connectivity index (χ0n) is 14.1. The van der Waals surface area contributed by atoms with E-state index in [0.29, 0.717) is 6.42 Å². The molecule has 25 heavy (non-hydrogen) atoms. The second-order valence-electron chi connectivity index (χ2n) is 5.46. The Bertz CT molecular complexity index is 523. The normalized spacial score (nSPS) is 13.9. The fourth-order valence-corrected chi connectivity index (χ4v) is 1.78. The van der Waals surface area contributed by atoms with Crippen LogP contribution in [0, 0.1) is 5.92 Å². The fourth-order valence-electron chi connectivity index (χ4n) is 1.78. The van der Waals surface area contributed by atoms with E-state index in [2.05, 4.69) is 16.0 Å². The van der Waals surface area contributed by atoms with Crippen LogP contribution in [-0.2, 0) is 24.0 Å². The highest BCUT2D eigenvalue weighted by Crippen LogP contribution is 2.07. The summed E-state index contributed by atoms with van der Waals surface area (Å²) in [5.74, 6) is -4.90. The van der Waals surface area contributed by atoms with E-state index in [1.54, 1.807) is 13.8 Å². The molecule has 3 unspecified atom stereocenters. The molecule has 0 aliphatic rings. The third-order valence-electron chi connectivity index (χ3n) is 3.38. The van der Waals surface area contributed by atoms with Crippen LogP contribution in [0.4, 0.5) is 0 Å². The Balaban J connectivity index is 4.61. The van der Waals surface area contributed by atoms with Gasteiger partial charge in [-0.25, -0.2) is 0 Å². The summed E-state index contributed by atoms with van der Waals surface area (Å²) in [5.41, 5.74) is 5.35. The second-order valence-corrected chi connectivity index (χ2v) is 5.46.